The average molecular weight is 418 g/mol. The molecule has 30 heavy (non-hydrogen) atoms. The number of ether oxygens (including phenoxy) is 1. The minimum absolute atomic E-state index is 0.0473. The number of halogens is 3. The topological polar surface area (TPSA) is 61.2 Å². The van der Waals surface area contributed by atoms with E-state index in [4.69, 9.17) is 4.74 Å². The van der Waals surface area contributed by atoms with E-state index in [1.807, 2.05) is 36.4 Å². The van der Waals surface area contributed by atoms with Gasteiger partial charge in [0, 0.05) is 34.5 Å². The van der Waals surface area contributed by atoms with E-state index in [1.165, 1.54) is 19.9 Å². The normalized spacial score (nSPS) is 11.6. The number of carbonyl (C=O) groups is 2. The summed E-state index contributed by atoms with van der Waals surface area (Å²) in [4.78, 5) is 28.8. The van der Waals surface area contributed by atoms with Crippen LogP contribution in [0.1, 0.15) is 33.9 Å². The predicted octanol–water partition coefficient (Wildman–Crippen LogP) is 4.57. The second-order valence-corrected chi connectivity index (χ2v) is 7.07. The second-order valence-electron chi connectivity index (χ2n) is 7.07. The first-order chi connectivity index (χ1) is 14.1. The SMILES string of the molecule is Cc1cc(C(=O)COC(=O)CCc2ccc3ccccc3n2)c(C)n1CC(F)(F)F. The van der Waals surface area contributed by atoms with Crippen molar-refractivity contribution in [2.24, 2.45) is 0 Å². The zero-order valence-electron chi connectivity index (χ0n) is 16.6. The van der Waals surface area contributed by atoms with E-state index in [1.54, 1.807) is 0 Å². The van der Waals surface area contributed by atoms with Crippen LogP contribution in [0.3, 0.4) is 0 Å². The van der Waals surface area contributed by atoms with Crippen molar-refractivity contribution in [3.63, 3.8) is 0 Å². The highest BCUT2D eigenvalue weighted by Crippen LogP contribution is 2.23. The summed E-state index contributed by atoms with van der Waals surface area (Å²) in [7, 11) is 0. The van der Waals surface area contributed by atoms with E-state index in [-0.39, 0.29) is 17.7 Å². The van der Waals surface area contributed by atoms with Crippen molar-refractivity contribution in [2.75, 3.05) is 6.61 Å². The molecule has 0 bridgehead atoms. The summed E-state index contributed by atoms with van der Waals surface area (Å²) >= 11 is 0. The molecule has 0 saturated heterocycles. The van der Waals surface area contributed by atoms with Gasteiger partial charge in [-0.3, -0.25) is 14.6 Å². The highest BCUT2D eigenvalue weighted by Gasteiger charge is 2.30. The number of carbonyl (C=O) groups excluding carboxylic acids is 2. The molecule has 0 aliphatic carbocycles. The third kappa shape index (κ3) is 5.25. The molecule has 1 aromatic carbocycles. The first-order valence-corrected chi connectivity index (χ1v) is 9.41. The molecule has 0 saturated carbocycles. The third-order valence-corrected chi connectivity index (χ3v) is 4.82. The van der Waals surface area contributed by atoms with Crippen LogP contribution >= 0.6 is 0 Å². The van der Waals surface area contributed by atoms with Crippen LogP contribution in [0.15, 0.2) is 42.5 Å². The van der Waals surface area contributed by atoms with Crippen molar-refractivity contribution in [1.29, 1.82) is 0 Å². The average Bonchev–Trinajstić information content (AvgIpc) is 2.97. The third-order valence-electron chi connectivity index (χ3n) is 4.82. The Morgan fingerprint density at radius 2 is 1.83 bits per heavy atom. The van der Waals surface area contributed by atoms with Crippen LogP contribution in [-0.4, -0.2) is 34.1 Å². The molecule has 5 nitrogen and oxygen atoms in total. The standard InChI is InChI=1S/C22H21F3N2O3/c1-14-11-18(15(2)27(14)13-22(23,24)25)20(28)12-30-21(29)10-9-17-8-7-16-5-3-4-6-19(16)26-17/h3-8,11H,9-10,12-13H2,1-2H3. The fourth-order valence-corrected chi connectivity index (χ4v) is 3.28. The molecule has 0 radical (unpaired) electrons. The van der Waals surface area contributed by atoms with Crippen molar-refractivity contribution in [3.05, 3.63) is 65.1 Å². The van der Waals surface area contributed by atoms with Gasteiger partial charge in [-0.1, -0.05) is 24.3 Å². The number of aryl methyl sites for hydroxylation is 2. The Bertz CT molecular complexity index is 1090. The molecule has 0 atom stereocenters. The molecule has 0 amide bonds. The molecule has 0 N–H and O–H groups in total. The van der Waals surface area contributed by atoms with Gasteiger partial charge in [0.2, 0.25) is 5.78 Å². The number of para-hydroxylation sites is 1. The molecule has 2 heterocycles. The first-order valence-electron chi connectivity index (χ1n) is 9.41. The molecule has 0 spiro atoms. The first kappa shape index (κ1) is 21.5. The summed E-state index contributed by atoms with van der Waals surface area (Å²) in [6.45, 7) is 1.26. The summed E-state index contributed by atoms with van der Waals surface area (Å²) in [5.41, 5.74) is 2.20. The Labute approximate surface area is 171 Å². The summed E-state index contributed by atoms with van der Waals surface area (Å²) < 4.78 is 44.1. The molecular formula is C22H21F3N2O3. The number of benzene rings is 1. The lowest BCUT2D eigenvalue weighted by molar-refractivity contribution is -0.142. The highest BCUT2D eigenvalue weighted by atomic mass is 19.4. The Hall–Kier alpha value is -3.16. The van der Waals surface area contributed by atoms with Crippen LogP contribution in [0.5, 0.6) is 0 Å². The number of hydrogen-bond donors (Lipinski definition) is 0. The maximum atomic E-state index is 12.7. The lowest BCUT2D eigenvalue weighted by Crippen LogP contribution is -2.20. The maximum absolute atomic E-state index is 12.7. The van der Waals surface area contributed by atoms with Gasteiger partial charge in [0.25, 0.3) is 0 Å². The van der Waals surface area contributed by atoms with Crippen LogP contribution in [0.2, 0.25) is 0 Å². The molecule has 8 heteroatoms. The summed E-state index contributed by atoms with van der Waals surface area (Å²) in [5, 5.41) is 0.998. The summed E-state index contributed by atoms with van der Waals surface area (Å²) in [6, 6.07) is 12.8. The van der Waals surface area contributed by atoms with E-state index >= 15 is 0 Å². The number of hydrogen-bond acceptors (Lipinski definition) is 4. The van der Waals surface area contributed by atoms with Gasteiger partial charge in [0.05, 0.1) is 11.9 Å². The Balaban J connectivity index is 1.55. The van der Waals surface area contributed by atoms with Gasteiger partial charge >= 0.3 is 12.1 Å². The second kappa shape index (κ2) is 8.69. The largest absolute Gasteiger partial charge is 0.457 e. The maximum Gasteiger partial charge on any atom is 0.406 e. The molecule has 3 aromatic rings. The number of nitrogens with zero attached hydrogens (tertiary/aromatic N) is 2. The van der Waals surface area contributed by atoms with Crippen LogP contribution in [0.4, 0.5) is 13.2 Å². The van der Waals surface area contributed by atoms with Gasteiger partial charge in [-0.2, -0.15) is 13.2 Å². The zero-order chi connectivity index (χ0) is 21.9. The number of ketones is 1. The number of rotatable bonds is 7. The van der Waals surface area contributed by atoms with E-state index < -0.39 is 31.1 Å². The van der Waals surface area contributed by atoms with Gasteiger partial charge in [-0.05, 0) is 32.0 Å². The molecule has 0 unspecified atom stereocenters. The number of esters is 1. The summed E-state index contributed by atoms with van der Waals surface area (Å²) in [6.07, 6.45) is -3.98. The minimum atomic E-state index is -4.39. The fourth-order valence-electron chi connectivity index (χ4n) is 3.28. The van der Waals surface area contributed by atoms with Crippen molar-refractivity contribution in [2.45, 2.75) is 39.4 Å². The van der Waals surface area contributed by atoms with Crippen molar-refractivity contribution in [1.82, 2.24) is 9.55 Å². The quantitative estimate of drug-likeness (QED) is 0.416. The molecular weight excluding hydrogens is 397 g/mol. The summed E-state index contributed by atoms with van der Waals surface area (Å²) in [5.74, 6) is -1.10. The number of Topliss-reactive ketones (excluding diaryl/α,β-unsaturated/α-hetero) is 1. The molecule has 0 fully saturated rings. The van der Waals surface area contributed by atoms with Gasteiger partial charge in [0.1, 0.15) is 6.54 Å². The highest BCUT2D eigenvalue weighted by molar-refractivity contribution is 5.99. The van der Waals surface area contributed by atoms with Crippen molar-refractivity contribution < 1.29 is 27.5 Å². The lowest BCUT2D eigenvalue weighted by atomic mass is 10.1. The monoisotopic (exact) mass is 418 g/mol. The predicted molar refractivity (Wildman–Crippen MR) is 105 cm³/mol. The van der Waals surface area contributed by atoms with Crippen LogP contribution in [0.25, 0.3) is 10.9 Å². The van der Waals surface area contributed by atoms with E-state index in [2.05, 4.69) is 4.98 Å². The van der Waals surface area contributed by atoms with Crippen LogP contribution < -0.4 is 0 Å². The zero-order valence-corrected chi connectivity index (χ0v) is 16.6. The number of fused-ring (bicyclic) bond motifs is 1. The van der Waals surface area contributed by atoms with Crippen LogP contribution in [0, 0.1) is 13.8 Å². The number of aromatic nitrogens is 2. The van der Waals surface area contributed by atoms with Crippen molar-refractivity contribution >= 4 is 22.7 Å². The van der Waals surface area contributed by atoms with Gasteiger partial charge in [0.15, 0.2) is 6.61 Å². The molecule has 158 valence electrons. The van der Waals surface area contributed by atoms with E-state index in [9.17, 15) is 22.8 Å². The molecule has 2 aromatic heterocycles. The Morgan fingerprint density at radius 3 is 2.57 bits per heavy atom. The van der Waals surface area contributed by atoms with Gasteiger partial charge in [-0.15, -0.1) is 0 Å². The number of alkyl halides is 3. The fraction of sp³-hybridized carbons (Fsp3) is 0.318. The molecule has 0 aliphatic heterocycles. The van der Waals surface area contributed by atoms with Crippen molar-refractivity contribution in [3.8, 4) is 0 Å². The number of pyridine rings is 1. The molecule has 3 rings (SSSR count). The van der Waals surface area contributed by atoms with Crippen LogP contribution in [-0.2, 0) is 22.5 Å². The Morgan fingerprint density at radius 1 is 1.10 bits per heavy atom. The van der Waals surface area contributed by atoms with E-state index in [0.29, 0.717) is 12.1 Å². The molecule has 0 aliphatic rings. The smallest absolute Gasteiger partial charge is 0.406 e. The van der Waals surface area contributed by atoms with E-state index in [0.717, 1.165) is 21.2 Å². The van der Waals surface area contributed by atoms with Gasteiger partial charge in [-0.25, -0.2) is 0 Å². The van der Waals surface area contributed by atoms with Gasteiger partial charge < -0.3 is 9.30 Å². The minimum Gasteiger partial charge on any atom is -0.457 e. The Kier molecular flexibility index (Phi) is 6.24. The lowest BCUT2D eigenvalue weighted by Gasteiger charge is -2.12.